The van der Waals surface area contributed by atoms with Gasteiger partial charge in [-0.2, -0.15) is 0 Å². The van der Waals surface area contributed by atoms with Crippen LogP contribution in [0.3, 0.4) is 0 Å². The lowest BCUT2D eigenvalue weighted by Crippen LogP contribution is -2.30. The molecule has 0 saturated heterocycles. The van der Waals surface area contributed by atoms with Gasteiger partial charge in [0.25, 0.3) is 5.91 Å². The van der Waals surface area contributed by atoms with Crippen LogP contribution in [0.5, 0.6) is 0 Å². The van der Waals surface area contributed by atoms with Crippen molar-refractivity contribution in [3.63, 3.8) is 0 Å². The van der Waals surface area contributed by atoms with Crippen molar-refractivity contribution in [2.24, 2.45) is 0 Å². The summed E-state index contributed by atoms with van der Waals surface area (Å²) in [6.45, 7) is 3.29. The maximum absolute atomic E-state index is 11.7. The van der Waals surface area contributed by atoms with Crippen LogP contribution in [0, 0.1) is 0 Å². The van der Waals surface area contributed by atoms with E-state index >= 15 is 0 Å². The molecule has 0 spiro atoms. The average Bonchev–Trinajstić information content (AvgIpc) is 2.52. The molecular weight excluding hydrogens is 286 g/mol. The molecule has 0 unspecified atom stereocenters. The topological polar surface area (TPSA) is 81.7 Å². The van der Waals surface area contributed by atoms with Gasteiger partial charge < -0.3 is 14.8 Å². The van der Waals surface area contributed by atoms with Gasteiger partial charge in [0, 0.05) is 12.2 Å². The predicted molar refractivity (Wildman–Crippen MR) is 79.7 cm³/mol. The molecule has 0 aliphatic heterocycles. The fourth-order valence-corrected chi connectivity index (χ4v) is 1.62. The molecule has 0 aliphatic carbocycles. The molecule has 0 radical (unpaired) electrons. The van der Waals surface area contributed by atoms with Crippen molar-refractivity contribution in [2.45, 2.75) is 19.9 Å². The largest absolute Gasteiger partial charge is 0.463 e. The minimum Gasteiger partial charge on any atom is -0.463 e. The fourth-order valence-electron chi connectivity index (χ4n) is 1.62. The van der Waals surface area contributed by atoms with Gasteiger partial charge in [0.1, 0.15) is 0 Å². The van der Waals surface area contributed by atoms with Crippen molar-refractivity contribution in [1.29, 1.82) is 0 Å². The van der Waals surface area contributed by atoms with Gasteiger partial charge in [0.05, 0.1) is 12.6 Å². The fraction of sp³-hybridized carbons (Fsp3) is 0.312. The maximum atomic E-state index is 11.7. The van der Waals surface area contributed by atoms with Gasteiger partial charge in [-0.25, -0.2) is 9.59 Å². The smallest absolute Gasteiger partial charge is 0.331 e. The molecule has 0 heterocycles. The highest BCUT2D eigenvalue weighted by Gasteiger charge is 2.10. The Balaban J connectivity index is 2.34. The molecule has 1 aromatic carbocycles. The van der Waals surface area contributed by atoms with Crippen LogP contribution in [0.25, 0.3) is 0 Å². The van der Waals surface area contributed by atoms with Crippen LogP contribution in [0.15, 0.2) is 42.5 Å². The first kappa shape index (κ1) is 17.4. The molecule has 1 amide bonds. The highest BCUT2D eigenvalue weighted by atomic mass is 16.5. The summed E-state index contributed by atoms with van der Waals surface area (Å²) in [5.74, 6) is -1.84. The van der Waals surface area contributed by atoms with Gasteiger partial charge >= 0.3 is 11.9 Å². The molecule has 0 aliphatic rings. The third kappa shape index (κ3) is 6.69. The van der Waals surface area contributed by atoms with E-state index in [1.165, 1.54) is 0 Å². The third-order valence-electron chi connectivity index (χ3n) is 2.66. The van der Waals surface area contributed by atoms with Crippen LogP contribution in [0.4, 0.5) is 0 Å². The second-order valence-corrected chi connectivity index (χ2v) is 4.39. The second kappa shape index (κ2) is 9.33. The maximum Gasteiger partial charge on any atom is 0.331 e. The van der Waals surface area contributed by atoms with E-state index in [1.807, 2.05) is 37.3 Å². The van der Waals surface area contributed by atoms with Gasteiger partial charge in [-0.3, -0.25) is 4.79 Å². The second-order valence-electron chi connectivity index (χ2n) is 4.39. The lowest BCUT2D eigenvalue weighted by molar-refractivity contribution is -0.144. The summed E-state index contributed by atoms with van der Waals surface area (Å²) < 4.78 is 9.33. The zero-order chi connectivity index (χ0) is 16.4. The molecule has 1 rings (SSSR count). The van der Waals surface area contributed by atoms with Crippen molar-refractivity contribution in [3.8, 4) is 0 Å². The van der Waals surface area contributed by atoms with Gasteiger partial charge in [0.15, 0.2) is 6.61 Å². The summed E-state index contributed by atoms with van der Waals surface area (Å²) in [6.07, 6.45) is 1.88. The first-order valence-corrected chi connectivity index (χ1v) is 6.88. The Kier molecular flexibility index (Phi) is 7.39. The molecule has 0 bridgehead atoms. The molecular formula is C16H19NO5. The average molecular weight is 305 g/mol. The minimum absolute atomic E-state index is 0.192. The quantitative estimate of drug-likeness (QED) is 0.610. The Labute approximate surface area is 129 Å². The number of carbonyl (C=O) groups excluding carboxylic acids is 3. The number of ether oxygens (including phenoxy) is 2. The molecule has 6 nitrogen and oxygen atoms in total. The molecule has 0 saturated carbocycles. The van der Waals surface area contributed by atoms with Gasteiger partial charge in [-0.15, -0.1) is 0 Å². The zero-order valence-corrected chi connectivity index (χ0v) is 12.6. The van der Waals surface area contributed by atoms with E-state index in [1.54, 1.807) is 6.92 Å². The summed E-state index contributed by atoms with van der Waals surface area (Å²) in [4.78, 5) is 34.0. The number of carbonyl (C=O) groups is 3. The van der Waals surface area contributed by atoms with Gasteiger partial charge in [0.2, 0.25) is 0 Å². The van der Waals surface area contributed by atoms with Crippen LogP contribution < -0.4 is 5.32 Å². The zero-order valence-electron chi connectivity index (χ0n) is 12.6. The van der Waals surface area contributed by atoms with Crippen molar-refractivity contribution >= 4 is 17.8 Å². The van der Waals surface area contributed by atoms with Crippen LogP contribution in [-0.4, -0.2) is 31.1 Å². The molecule has 1 atom stereocenters. The lowest BCUT2D eigenvalue weighted by Gasteiger charge is -2.13. The highest BCUT2D eigenvalue weighted by molar-refractivity contribution is 5.92. The molecule has 1 aromatic rings. The normalized spacial score (nSPS) is 11.7. The molecule has 22 heavy (non-hydrogen) atoms. The van der Waals surface area contributed by atoms with Crippen molar-refractivity contribution in [2.75, 3.05) is 13.2 Å². The first-order valence-electron chi connectivity index (χ1n) is 6.88. The van der Waals surface area contributed by atoms with Crippen molar-refractivity contribution in [1.82, 2.24) is 5.32 Å². The van der Waals surface area contributed by atoms with Gasteiger partial charge in [-0.05, 0) is 19.4 Å². The standard InChI is InChI=1S/C16H19NO5/c1-3-21-15(19)9-10-16(20)22-11-14(18)17-12(2)13-7-5-4-6-8-13/h4-10,12H,3,11H2,1-2H3,(H,17,18)/b10-9+/t12-/m0/s1. The number of hydrogen-bond donors (Lipinski definition) is 1. The number of amides is 1. The van der Waals surface area contributed by atoms with E-state index in [4.69, 9.17) is 4.74 Å². The Morgan fingerprint density at radius 1 is 1.09 bits per heavy atom. The summed E-state index contributed by atoms with van der Waals surface area (Å²) in [7, 11) is 0. The van der Waals surface area contributed by atoms with E-state index in [0.29, 0.717) is 0 Å². The van der Waals surface area contributed by atoms with E-state index in [0.717, 1.165) is 17.7 Å². The number of nitrogens with one attached hydrogen (secondary N) is 1. The predicted octanol–water partition coefficient (Wildman–Crippen LogP) is 1.53. The number of benzene rings is 1. The summed E-state index contributed by atoms with van der Waals surface area (Å²) in [6, 6.07) is 9.21. The van der Waals surface area contributed by atoms with Crippen LogP contribution >= 0.6 is 0 Å². The lowest BCUT2D eigenvalue weighted by atomic mass is 10.1. The molecule has 0 aromatic heterocycles. The molecule has 6 heteroatoms. The Bertz CT molecular complexity index is 539. The van der Waals surface area contributed by atoms with Crippen LogP contribution in [-0.2, 0) is 23.9 Å². The Hall–Kier alpha value is -2.63. The SMILES string of the molecule is CCOC(=O)/C=C/C(=O)OCC(=O)N[C@@H](C)c1ccccc1. The monoisotopic (exact) mass is 305 g/mol. The van der Waals surface area contributed by atoms with E-state index in [2.05, 4.69) is 10.1 Å². The Morgan fingerprint density at radius 3 is 2.27 bits per heavy atom. The van der Waals surface area contributed by atoms with Crippen LogP contribution in [0.1, 0.15) is 25.5 Å². The van der Waals surface area contributed by atoms with Gasteiger partial charge in [-0.1, -0.05) is 30.3 Å². The van der Waals surface area contributed by atoms with E-state index in [9.17, 15) is 14.4 Å². The molecule has 118 valence electrons. The summed E-state index contributed by atoms with van der Waals surface area (Å²) in [5.41, 5.74) is 0.949. The summed E-state index contributed by atoms with van der Waals surface area (Å²) >= 11 is 0. The number of hydrogen-bond acceptors (Lipinski definition) is 5. The highest BCUT2D eigenvalue weighted by Crippen LogP contribution is 2.10. The first-order chi connectivity index (χ1) is 10.5. The van der Waals surface area contributed by atoms with Crippen molar-refractivity contribution in [3.05, 3.63) is 48.0 Å². The minimum atomic E-state index is -0.782. The molecule has 0 fully saturated rings. The van der Waals surface area contributed by atoms with Crippen LogP contribution in [0.2, 0.25) is 0 Å². The van der Waals surface area contributed by atoms with E-state index in [-0.39, 0.29) is 12.6 Å². The van der Waals surface area contributed by atoms with E-state index < -0.39 is 24.5 Å². The third-order valence-corrected chi connectivity index (χ3v) is 2.66. The Morgan fingerprint density at radius 2 is 1.68 bits per heavy atom. The summed E-state index contributed by atoms with van der Waals surface area (Å²) in [5, 5.41) is 2.70. The molecule has 1 N–H and O–H groups in total. The number of rotatable bonds is 7. The van der Waals surface area contributed by atoms with Crippen molar-refractivity contribution < 1.29 is 23.9 Å². The number of esters is 2.